The van der Waals surface area contributed by atoms with Gasteiger partial charge in [-0.15, -0.1) is 0 Å². The highest BCUT2D eigenvalue weighted by Crippen LogP contribution is 2.13. The van der Waals surface area contributed by atoms with E-state index < -0.39 is 0 Å². The molecule has 3 rings (SSSR count). The maximum absolute atomic E-state index is 12.1. The number of Topliss-reactive ketones (excluding diaryl/α,β-unsaturated/α-hetero) is 1. The number of carbonyl (C=O) groups excluding carboxylic acids is 2. The van der Waals surface area contributed by atoms with E-state index in [1.807, 2.05) is 24.4 Å². The highest BCUT2D eigenvalue weighted by Gasteiger charge is 2.10. The number of rotatable bonds is 6. The summed E-state index contributed by atoms with van der Waals surface area (Å²) in [7, 11) is 0. The smallest absolute Gasteiger partial charge is 0.220 e. The Morgan fingerprint density at radius 1 is 1.08 bits per heavy atom. The molecule has 128 valence electrons. The predicted molar refractivity (Wildman–Crippen MR) is 99.8 cm³/mol. The summed E-state index contributed by atoms with van der Waals surface area (Å²) in [6, 6.07) is 10.7. The van der Waals surface area contributed by atoms with Crippen molar-refractivity contribution in [3.8, 4) is 0 Å². The topological polar surface area (TPSA) is 63.5 Å². The third-order valence-electron chi connectivity index (χ3n) is 3.68. The molecular formula is C18H15BrClN3O2. The number of hydrogen-bond acceptors (Lipinski definition) is 3. The molecule has 5 nitrogen and oxygen atoms in total. The second-order valence-electron chi connectivity index (χ2n) is 5.55. The van der Waals surface area contributed by atoms with E-state index in [0.717, 1.165) is 15.8 Å². The van der Waals surface area contributed by atoms with Crippen LogP contribution in [0.15, 0.2) is 53.3 Å². The van der Waals surface area contributed by atoms with Crippen molar-refractivity contribution >= 4 is 44.9 Å². The number of nitrogens with one attached hydrogen (secondary N) is 1. The minimum atomic E-state index is -0.180. The third kappa shape index (κ3) is 4.67. The Morgan fingerprint density at radius 2 is 1.84 bits per heavy atom. The minimum Gasteiger partial charge on any atom is -0.350 e. The van der Waals surface area contributed by atoms with Gasteiger partial charge in [0, 0.05) is 35.3 Å². The van der Waals surface area contributed by atoms with Crippen LogP contribution in [0.2, 0.25) is 5.02 Å². The van der Waals surface area contributed by atoms with Gasteiger partial charge in [0.05, 0.1) is 17.3 Å². The van der Waals surface area contributed by atoms with Gasteiger partial charge in [0.15, 0.2) is 5.78 Å². The van der Waals surface area contributed by atoms with Crippen molar-refractivity contribution in [3.63, 3.8) is 0 Å². The number of halogens is 2. The molecule has 0 bridgehead atoms. The maximum atomic E-state index is 12.1. The number of benzene rings is 1. The Kier molecular flexibility index (Phi) is 5.50. The van der Waals surface area contributed by atoms with Gasteiger partial charge in [-0.1, -0.05) is 39.7 Å². The van der Waals surface area contributed by atoms with Crippen LogP contribution in [0.5, 0.6) is 0 Å². The van der Waals surface area contributed by atoms with Crippen LogP contribution in [-0.2, 0) is 11.3 Å². The predicted octanol–water partition coefficient (Wildman–Crippen LogP) is 4.03. The first-order chi connectivity index (χ1) is 12.0. The van der Waals surface area contributed by atoms with Gasteiger partial charge in [-0.05, 0) is 24.3 Å². The van der Waals surface area contributed by atoms with Crippen molar-refractivity contribution in [2.75, 3.05) is 0 Å². The van der Waals surface area contributed by atoms with Crippen LogP contribution in [0.3, 0.4) is 0 Å². The normalized spacial score (nSPS) is 10.8. The summed E-state index contributed by atoms with van der Waals surface area (Å²) in [5.74, 6) is -0.231. The van der Waals surface area contributed by atoms with Crippen LogP contribution in [0.4, 0.5) is 0 Å². The molecule has 1 amide bonds. The number of nitrogens with zero attached hydrogens (tertiary/aromatic N) is 2. The Labute approximate surface area is 158 Å². The number of amides is 1. The Bertz CT molecular complexity index is 922. The van der Waals surface area contributed by atoms with E-state index in [-0.39, 0.29) is 24.5 Å². The zero-order chi connectivity index (χ0) is 17.8. The van der Waals surface area contributed by atoms with Crippen LogP contribution in [0.25, 0.3) is 5.65 Å². The number of imidazole rings is 1. The average Bonchev–Trinajstić information content (AvgIpc) is 3.00. The molecule has 0 spiro atoms. The highest BCUT2D eigenvalue weighted by atomic mass is 79.9. The van der Waals surface area contributed by atoms with E-state index in [1.54, 1.807) is 28.8 Å². The molecule has 0 fully saturated rings. The highest BCUT2D eigenvalue weighted by molar-refractivity contribution is 9.10. The zero-order valence-corrected chi connectivity index (χ0v) is 15.5. The van der Waals surface area contributed by atoms with Gasteiger partial charge in [-0.3, -0.25) is 9.59 Å². The summed E-state index contributed by atoms with van der Waals surface area (Å²) in [5.41, 5.74) is 2.10. The first kappa shape index (κ1) is 17.6. The summed E-state index contributed by atoms with van der Waals surface area (Å²) in [5, 5.41) is 3.40. The van der Waals surface area contributed by atoms with Gasteiger partial charge >= 0.3 is 0 Å². The SMILES string of the molecule is O=C(CCC(=O)c1ccc(Br)cc1)NCc1cn2cc(Cl)ccc2n1. The molecular weight excluding hydrogens is 406 g/mol. The van der Waals surface area contributed by atoms with Crippen molar-refractivity contribution in [3.05, 3.63) is 69.5 Å². The Balaban J connectivity index is 1.50. The van der Waals surface area contributed by atoms with Crippen LogP contribution < -0.4 is 5.32 Å². The van der Waals surface area contributed by atoms with Crippen molar-refractivity contribution in [2.45, 2.75) is 19.4 Å². The van der Waals surface area contributed by atoms with Crippen LogP contribution >= 0.6 is 27.5 Å². The lowest BCUT2D eigenvalue weighted by molar-refractivity contribution is -0.121. The molecule has 1 N–H and O–H groups in total. The molecule has 0 saturated carbocycles. The van der Waals surface area contributed by atoms with Gasteiger partial charge in [0.25, 0.3) is 0 Å². The second-order valence-corrected chi connectivity index (χ2v) is 6.90. The number of aromatic nitrogens is 2. The fourth-order valence-electron chi connectivity index (χ4n) is 2.39. The molecule has 0 aliphatic carbocycles. The van der Waals surface area contributed by atoms with Crippen LogP contribution in [-0.4, -0.2) is 21.1 Å². The quantitative estimate of drug-likeness (QED) is 0.612. The largest absolute Gasteiger partial charge is 0.350 e. The van der Waals surface area contributed by atoms with Crippen molar-refractivity contribution in [2.24, 2.45) is 0 Å². The lowest BCUT2D eigenvalue weighted by Gasteiger charge is -2.03. The minimum absolute atomic E-state index is 0.0509. The molecule has 0 aliphatic heterocycles. The standard InChI is InChI=1S/C18H15BrClN3O2/c19-13-3-1-12(2-4-13)16(24)6-8-18(25)21-9-15-11-23-10-14(20)5-7-17(23)22-15/h1-5,7,10-11H,6,8-9H2,(H,21,25). The van der Waals surface area contributed by atoms with Gasteiger partial charge in [0.1, 0.15) is 5.65 Å². The zero-order valence-electron chi connectivity index (χ0n) is 13.2. The lowest BCUT2D eigenvalue weighted by Crippen LogP contribution is -2.23. The first-order valence-corrected chi connectivity index (χ1v) is 8.87. The summed E-state index contributed by atoms with van der Waals surface area (Å²) in [4.78, 5) is 28.4. The molecule has 7 heteroatoms. The molecule has 0 unspecified atom stereocenters. The second kappa shape index (κ2) is 7.80. The van der Waals surface area contributed by atoms with Gasteiger partial charge < -0.3 is 9.72 Å². The Hall–Kier alpha value is -2.18. The number of fused-ring (bicyclic) bond motifs is 1. The fraction of sp³-hybridized carbons (Fsp3) is 0.167. The molecule has 0 atom stereocenters. The van der Waals surface area contributed by atoms with Crippen LogP contribution in [0, 0.1) is 0 Å². The van der Waals surface area contributed by atoms with Crippen molar-refractivity contribution < 1.29 is 9.59 Å². The molecule has 2 aromatic heterocycles. The van der Waals surface area contributed by atoms with Gasteiger partial charge in [-0.2, -0.15) is 0 Å². The number of pyridine rings is 1. The van der Waals surface area contributed by atoms with Gasteiger partial charge in [-0.25, -0.2) is 4.98 Å². The Morgan fingerprint density at radius 3 is 2.60 bits per heavy atom. The molecule has 2 heterocycles. The molecule has 3 aromatic rings. The van der Waals surface area contributed by atoms with Crippen molar-refractivity contribution in [1.82, 2.24) is 14.7 Å². The van der Waals surface area contributed by atoms with E-state index in [0.29, 0.717) is 17.1 Å². The third-order valence-corrected chi connectivity index (χ3v) is 4.43. The summed E-state index contributed by atoms with van der Waals surface area (Å²) in [6.07, 6.45) is 3.89. The molecule has 25 heavy (non-hydrogen) atoms. The van der Waals surface area contributed by atoms with E-state index in [9.17, 15) is 9.59 Å². The van der Waals surface area contributed by atoms with E-state index >= 15 is 0 Å². The van der Waals surface area contributed by atoms with Crippen LogP contribution in [0.1, 0.15) is 28.9 Å². The lowest BCUT2D eigenvalue weighted by atomic mass is 10.1. The molecule has 1 aromatic carbocycles. The fourth-order valence-corrected chi connectivity index (χ4v) is 2.82. The summed E-state index contributed by atoms with van der Waals surface area (Å²) in [6.45, 7) is 0.310. The monoisotopic (exact) mass is 419 g/mol. The van der Waals surface area contributed by atoms with E-state index in [2.05, 4.69) is 26.2 Å². The molecule has 0 radical (unpaired) electrons. The van der Waals surface area contributed by atoms with Gasteiger partial charge in [0.2, 0.25) is 5.91 Å². The number of carbonyl (C=O) groups is 2. The molecule has 0 aliphatic rings. The number of ketones is 1. The summed E-state index contributed by atoms with van der Waals surface area (Å²) < 4.78 is 2.72. The van der Waals surface area contributed by atoms with E-state index in [1.165, 1.54) is 0 Å². The first-order valence-electron chi connectivity index (χ1n) is 7.70. The van der Waals surface area contributed by atoms with Crippen molar-refractivity contribution in [1.29, 1.82) is 0 Å². The summed E-state index contributed by atoms with van der Waals surface area (Å²) >= 11 is 9.26. The maximum Gasteiger partial charge on any atom is 0.220 e. The average molecular weight is 421 g/mol. The number of hydrogen-bond donors (Lipinski definition) is 1. The van der Waals surface area contributed by atoms with E-state index in [4.69, 9.17) is 11.6 Å². The molecule has 0 saturated heterocycles.